The van der Waals surface area contributed by atoms with Crippen molar-refractivity contribution >= 4 is 11.6 Å². The number of carbonyl (C=O) groups excluding carboxylic acids is 2. The van der Waals surface area contributed by atoms with Crippen LogP contribution in [0.15, 0.2) is 47.1 Å². The Balaban J connectivity index is 2.24. The van der Waals surface area contributed by atoms with Crippen LogP contribution in [0.3, 0.4) is 0 Å². The van der Waals surface area contributed by atoms with Crippen LogP contribution in [0, 0.1) is 11.8 Å². The molecular formula is C17H16O2. The molecule has 2 nitrogen and oxygen atoms in total. The summed E-state index contributed by atoms with van der Waals surface area (Å²) in [4.78, 5) is 25.2. The van der Waals surface area contributed by atoms with Gasteiger partial charge in [-0.2, -0.15) is 0 Å². The number of ketones is 2. The number of hydrogen-bond acceptors (Lipinski definition) is 2. The zero-order valence-electron chi connectivity index (χ0n) is 11.4. The zero-order chi connectivity index (χ0) is 13.7. The van der Waals surface area contributed by atoms with E-state index >= 15 is 0 Å². The van der Waals surface area contributed by atoms with Gasteiger partial charge in [0.05, 0.1) is 11.8 Å². The molecule has 1 aromatic carbocycles. The lowest BCUT2D eigenvalue weighted by atomic mass is 9.67. The van der Waals surface area contributed by atoms with Crippen molar-refractivity contribution in [1.29, 1.82) is 0 Å². The summed E-state index contributed by atoms with van der Waals surface area (Å²) in [5.74, 6) is -0.454. The smallest absolute Gasteiger partial charge is 0.171 e. The monoisotopic (exact) mass is 252 g/mol. The standard InChI is InChI=1S/C17H16O2/c1-9-8-14-15(11(3)10(9)2)17(19)13-7-5-4-6-12(13)16(14)18/h4-8,14-15H,1-3H3. The first-order valence-corrected chi connectivity index (χ1v) is 6.56. The second-order valence-electron chi connectivity index (χ2n) is 5.44. The molecule has 1 aromatic rings. The molecule has 96 valence electrons. The van der Waals surface area contributed by atoms with Gasteiger partial charge in [0.25, 0.3) is 0 Å². The van der Waals surface area contributed by atoms with Crippen molar-refractivity contribution in [2.75, 3.05) is 0 Å². The van der Waals surface area contributed by atoms with E-state index in [-0.39, 0.29) is 23.4 Å². The highest BCUT2D eigenvalue weighted by atomic mass is 16.1. The van der Waals surface area contributed by atoms with Crippen molar-refractivity contribution < 1.29 is 9.59 Å². The third kappa shape index (κ3) is 1.56. The maximum absolute atomic E-state index is 12.6. The van der Waals surface area contributed by atoms with Crippen LogP contribution < -0.4 is 0 Å². The quantitative estimate of drug-likeness (QED) is 0.707. The predicted octanol–water partition coefficient (Wildman–Crippen LogP) is 3.59. The number of benzene rings is 1. The lowest BCUT2D eigenvalue weighted by Crippen LogP contribution is -2.38. The molecule has 3 rings (SSSR count). The fraction of sp³-hybridized carbons (Fsp3) is 0.294. The van der Waals surface area contributed by atoms with Crippen molar-refractivity contribution in [3.63, 3.8) is 0 Å². The molecule has 0 radical (unpaired) electrons. The molecule has 0 saturated heterocycles. The zero-order valence-corrected chi connectivity index (χ0v) is 11.4. The summed E-state index contributed by atoms with van der Waals surface area (Å²) >= 11 is 0. The van der Waals surface area contributed by atoms with E-state index in [1.165, 1.54) is 0 Å². The highest BCUT2D eigenvalue weighted by Gasteiger charge is 2.42. The Bertz CT molecular complexity index is 662. The average Bonchev–Trinajstić information content (AvgIpc) is 2.42. The van der Waals surface area contributed by atoms with Crippen LogP contribution >= 0.6 is 0 Å². The minimum atomic E-state index is -0.314. The van der Waals surface area contributed by atoms with Crippen LogP contribution in [0.2, 0.25) is 0 Å². The van der Waals surface area contributed by atoms with E-state index in [4.69, 9.17) is 0 Å². The molecule has 0 saturated carbocycles. The summed E-state index contributed by atoms with van der Waals surface area (Å²) in [6.45, 7) is 6.01. The Morgan fingerprint density at radius 1 is 0.895 bits per heavy atom. The molecule has 19 heavy (non-hydrogen) atoms. The van der Waals surface area contributed by atoms with E-state index in [1.807, 2.05) is 39.0 Å². The maximum Gasteiger partial charge on any atom is 0.171 e. The summed E-state index contributed by atoms with van der Waals surface area (Å²) in [6.07, 6.45) is 1.96. The number of Topliss-reactive ketones (excluding diaryl/α,β-unsaturated/α-hetero) is 2. The fourth-order valence-corrected chi connectivity index (χ4v) is 3.15. The number of fused-ring (bicyclic) bond motifs is 2. The number of allylic oxidation sites excluding steroid dienone is 4. The van der Waals surface area contributed by atoms with Crippen molar-refractivity contribution in [3.05, 3.63) is 58.2 Å². The van der Waals surface area contributed by atoms with E-state index in [1.54, 1.807) is 12.1 Å². The van der Waals surface area contributed by atoms with Crippen LogP contribution in [-0.2, 0) is 0 Å². The predicted molar refractivity (Wildman–Crippen MR) is 74.2 cm³/mol. The van der Waals surface area contributed by atoms with Gasteiger partial charge in [0, 0.05) is 11.1 Å². The van der Waals surface area contributed by atoms with E-state index in [0.29, 0.717) is 11.1 Å². The summed E-state index contributed by atoms with van der Waals surface area (Å²) in [7, 11) is 0. The van der Waals surface area contributed by atoms with Crippen molar-refractivity contribution in [2.45, 2.75) is 20.8 Å². The van der Waals surface area contributed by atoms with Gasteiger partial charge in [-0.15, -0.1) is 0 Å². The number of carbonyl (C=O) groups is 2. The van der Waals surface area contributed by atoms with Crippen molar-refractivity contribution in [2.24, 2.45) is 11.8 Å². The van der Waals surface area contributed by atoms with Crippen LogP contribution in [0.4, 0.5) is 0 Å². The van der Waals surface area contributed by atoms with Gasteiger partial charge < -0.3 is 0 Å². The molecule has 0 amide bonds. The minimum Gasteiger partial charge on any atom is -0.293 e. The highest BCUT2D eigenvalue weighted by Crippen LogP contribution is 2.41. The van der Waals surface area contributed by atoms with Crippen LogP contribution in [0.5, 0.6) is 0 Å². The van der Waals surface area contributed by atoms with Crippen molar-refractivity contribution in [3.8, 4) is 0 Å². The lowest BCUT2D eigenvalue weighted by Gasteiger charge is -2.34. The molecule has 0 heterocycles. The van der Waals surface area contributed by atoms with Gasteiger partial charge in [-0.05, 0) is 26.3 Å². The Morgan fingerprint density at radius 2 is 1.47 bits per heavy atom. The average molecular weight is 252 g/mol. The maximum atomic E-state index is 12.6. The molecule has 2 aliphatic rings. The molecular weight excluding hydrogens is 236 g/mol. The van der Waals surface area contributed by atoms with E-state index in [0.717, 1.165) is 16.7 Å². The number of rotatable bonds is 0. The van der Waals surface area contributed by atoms with Crippen molar-refractivity contribution in [1.82, 2.24) is 0 Å². The van der Waals surface area contributed by atoms with E-state index in [2.05, 4.69) is 0 Å². The van der Waals surface area contributed by atoms with E-state index < -0.39 is 0 Å². The van der Waals surface area contributed by atoms with Crippen LogP contribution in [0.1, 0.15) is 41.5 Å². The highest BCUT2D eigenvalue weighted by molar-refractivity contribution is 6.17. The van der Waals surface area contributed by atoms with Gasteiger partial charge in [0.15, 0.2) is 11.6 Å². The van der Waals surface area contributed by atoms with Crippen LogP contribution in [-0.4, -0.2) is 11.6 Å². The molecule has 0 aliphatic heterocycles. The molecule has 2 aliphatic carbocycles. The first-order valence-electron chi connectivity index (χ1n) is 6.56. The second-order valence-corrected chi connectivity index (χ2v) is 5.44. The number of hydrogen-bond donors (Lipinski definition) is 0. The lowest BCUT2D eigenvalue weighted by molar-refractivity contribution is 0.0792. The first kappa shape index (κ1) is 12.1. The van der Waals surface area contributed by atoms with Gasteiger partial charge >= 0.3 is 0 Å². The minimum absolute atomic E-state index is 0.0754. The van der Waals surface area contributed by atoms with Crippen LogP contribution in [0.25, 0.3) is 0 Å². The van der Waals surface area contributed by atoms with Gasteiger partial charge in [-0.1, -0.05) is 41.5 Å². The fourth-order valence-electron chi connectivity index (χ4n) is 3.15. The van der Waals surface area contributed by atoms with Gasteiger partial charge in [-0.25, -0.2) is 0 Å². The first-order chi connectivity index (χ1) is 9.02. The molecule has 2 heteroatoms. The third-order valence-electron chi connectivity index (χ3n) is 4.48. The summed E-state index contributed by atoms with van der Waals surface area (Å²) < 4.78 is 0. The third-order valence-corrected chi connectivity index (χ3v) is 4.48. The normalized spacial score (nSPS) is 25.9. The Morgan fingerprint density at radius 3 is 2.11 bits per heavy atom. The molecule has 0 N–H and O–H groups in total. The molecule has 0 spiro atoms. The molecule has 0 aromatic heterocycles. The second kappa shape index (κ2) is 4.02. The Hall–Kier alpha value is -1.96. The Kier molecular flexibility index (Phi) is 2.56. The van der Waals surface area contributed by atoms with Gasteiger partial charge in [0.1, 0.15) is 0 Å². The van der Waals surface area contributed by atoms with Gasteiger partial charge in [0.2, 0.25) is 0 Å². The topological polar surface area (TPSA) is 34.1 Å². The SMILES string of the molecule is CC1=CC2C(=O)c3ccccc3C(=O)C2C(C)=C1C. The molecule has 2 atom stereocenters. The summed E-state index contributed by atoms with van der Waals surface area (Å²) in [5, 5.41) is 0. The summed E-state index contributed by atoms with van der Waals surface area (Å²) in [5.41, 5.74) is 4.44. The Labute approximate surface area is 112 Å². The largest absolute Gasteiger partial charge is 0.293 e. The van der Waals surface area contributed by atoms with E-state index in [9.17, 15) is 9.59 Å². The summed E-state index contributed by atoms with van der Waals surface area (Å²) in [6, 6.07) is 7.16. The molecule has 0 bridgehead atoms. The van der Waals surface area contributed by atoms with Gasteiger partial charge in [-0.3, -0.25) is 9.59 Å². The molecule has 2 unspecified atom stereocenters. The molecule has 0 fully saturated rings.